The molecule has 178 valence electrons. The van der Waals surface area contributed by atoms with E-state index in [1.165, 1.54) is 12.1 Å². The van der Waals surface area contributed by atoms with E-state index in [9.17, 15) is 18.0 Å². The minimum atomic E-state index is -4.72. The molecule has 34 heavy (non-hydrogen) atoms. The van der Waals surface area contributed by atoms with Gasteiger partial charge in [-0.2, -0.15) is 0 Å². The molecule has 0 spiro atoms. The number of ether oxygens (including phenoxy) is 1. The zero-order chi connectivity index (χ0) is 24.3. The Morgan fingerprint density at radius 2 is 1.97 bits per heavy atom. The first-order chi connectivity index (χ1) is 16.2. The molecule has 1 saturated heterocycles. The molecule has 3 aromatic rings. The second-order valence-electron chi connectivity index (χ2n) is 8.00. The first-order valence-electron chi connectivity index (χ1n) is 10.5. The van der Waals surface area contributed by atoms with E-state index in [0.717, 1.165) is 11.3 Å². The number of aromatic nitrogens is 1. The quantitative estimate of drug-likeness (QED) is 0.490. The SMILES string of the molecule is CC1CN(c2ccc(OC(F)(F)F)cc2)CN1Cc1ccncc1NC(=O)c1cccc(Cl)c1. The highest BCUT2D eigenvalue weighted by Crippen LogP contribution is 2.29. The van der Waals surface area contributed by atoms with E-state index in [0.29, 0.717) is 36.0 Å². The summed E-state index contributed by atoms with van der Waals surface area (Å²) >= 11 is 5.99. The van der Waals surface area contributed by atoms with E-state index < -0.39 is 6.36 Å². The molecule has 0 bridgehead atoms. The second kappa shape index (κ2) is 9.90. The van der Waals surface area contributed by atoms with E-state index in [2.05, 4.69) is 31.8 Å². The van der Waals surface area contributed by atoms with Gasteiger partial charge in [0.25, 0.3) is 5.91 Å². The molecule has 10 heteroatoms. The van der Waals surface area contributed by atoms with Crippen molar-refractivity contribution in [1.29, 1.82) is 0 Å². The van der Waals surface area contributed by atoms with Crippen LogP contribution in [0.15, 0.2) is 67.0 Å². The van der Waals surface area contributed by atoms with Gasteiger partial charge in [0.05, 0.1) is 18.6 Å². The van der Waals surface area contributed by atoms with Crippen molar-refractivity contribution in [2.24, 2.45) is 0 Å². The fraction of sp³-hybridized carbons (Fsp3) is 0.250. The van der Waals surface area contributed by atoms with Crippen molar-refractivity contribution in [3.63, 3.8) is 0 Å². The average Bonchev–Trinajstić information content (AvgIpc) is 3.14. The van der Waals surface area contributed by atoms with E-state index in [-0.39, 0.29) is 17.7 Å². The Hall–Kier alpha value is -3.30. The standard InChI is InChI=1S/C24H22ClF3N4O2/c1-16-13-32(20-5-7-21(8-6-20)34-24(26,27)28)15-31(16)14-18-9-10-29-12-22(18)30-23(33)17-3-2-4-19(25)11-17/h2-12,16H,13-15H2,1H3,(H,30,33). The molecule has 1 atom stereocenters. The lowest BCUT2D eigenvalue weighted by Gasteiger charge is -2.22. The van der Waals surface area contributed by atoms with Gasteiger partial charge in [0.1, 0.15) is 5.75 Å². The van der Waals surface area contributed by atoms with Gasteiger partial charge in [0, 0.05) is 41.6 Å². The monoisotopic (exact) mass is 490 g/mol. The van der Waals surface area contributed by atoms with E-state index in [1.54, 1.807) is 48.8 Å². The third kappa shape index (κ3) is 5.98. The molecule has 1 fully saturated rings. The minimum absolute atomic E-state index is 0.177. The number of nitrogens with zero attached hydrogens (tertiary/aromatic N) is 3. The maximum atomic E-state index is 12.7. The fourth-order valence-corrected chi connectivity index (χ4v) is 4.01. The Labute approximate surface area is 199 Å². The molecular weight excluding hydrogens is 469 g/mol. The summed E-state index contributed by atoms with van der Waals surface area (Å²) in [6.45, 7) is 3.91. The van der Waals surface area contributed by atoms with E-state index in [1.807, 2.05) is 6.07 Å². The number of pyridine rings is 1. The summed E-state index contributed by atoms with van der Waals surface area (Å²) in [5, 5.41) is 3.38. The lowest BCUT2D eigenvalue weighted by molar-refractivity contribution is -0.274. The zero-order valence-corrected chi connectivity index (χ0v) is 19.0. The third-order valence-corrected chi connectivity index (χ3v) is 5.75. The van der Waals surface area contributed by atoms with Gasteiger partial charge in [-0.15, -0.1) is 13.2 Å². The van der Waals surface area contributed by atoms with Crippen molar-refractivity contribution in [2.45, 2.75) is 25.9 Å². The Kier molecular flexibility index (Phi) is 6.95. The topological polar surface area (TPSA) is 57.7 Å². The Morgan fingerprint density at radius 1 is 1.21 bits per heavy atom. The normalized spacial score (nSPS) is 16.5. The molecule has 1 unspecified atom stereocenters. The summed E-state index contributed by atoms with van der Waals surface area (Å²) in [6, 6.07) is 14.6. The van der Waals surface area contributed by atoms with Crippen LogP contribution < -0.4 is 15.0 Å². The molecule has 1 aliphatic heterocycles. The Balaban J connectivity index is 1.43. The maximum Gasteiger partial charge on any atom is 0.573 e. The number of alkyl halides is 3. The minimum Gasteiger partial charge on any atom is -0.406 e. The van der Waals surface area contributed by atoms with Gasteiger partial charge in [0.2, 0.25) is 0 Å². The van der Waals surface area contributed by atoms with Crippen LogP contribution in [-0.2, 0) is 6.54 Å². The van der Waals surface area contributed by atoms with Gasteiger partial charge in [-0.1, -0.05) is 17.7 Å². The van der Waals surface area contributed by atoms with Crippen LogP contribution in [0.4, 0.5) is 24.5 Å². The van der Waals surface area contributed by atoms with Crippen molar-refractivity contribution in [3.8, 4) is 5.75 Å². The molecule has 2 heterocycles. The summed E-state index contributed by atoms with van der Waals surface area (Å²) in [5.41, 5.74) is 2.74. The van der Waals surface area contributed by atoms with E-state index >= 15 is 0 Å². The largest absolute Gasteiger partial charge is 0.573 e. The lowest BCUT2D eigenvalue weighted by atomic mass is 10.1. The molecule has 1 aliphatic rings. The fourth-order valence-electron chi connectivity index (χ4n) is 3.82. The Bertz CT molecular complexity index is 1160. The van der Waals surface area contributed by atoms with Gasteiger partial charge >= 0.3 is 6.36 Å². The molecular formula is C24H22ClF3N4O2. The number of hydrogen-bond acceptors (Lipinski definition) is 5. The number of rotatable bonds is 6. The molecule has 1 N–H and O–H groups in total. The number of amides is 1. The number of nitrogens with one attached hydrogen (secondary N) is 1. The lowest BCUT2D eigenvalue weighted by Crippen LogP contribution is -2.29. The average molecular weight is 491 g/mol. The van der Waals surface area contributed by atoms with E-state index in [4.69, 9.17) is 11.6 Å². The second-order valence-corrected chi connectivity index (χ2v) is 8.44. The molecule has 1 aromatic heterocycles. The highest BCUT2D eigenvalue weighted by molar-refractivity contribution is 6.31. The van der Waals surface area contributed by atoms with Crippen LogP contribution in [0.5, 0.6) is 5.75 Å². The van der Waals surface area contributed by atoms with Gasteiger partial charge in [0.15, 0.2) is 0 Å². The van der Waals surface area contributed by atoms with Crippen LogP contribution >= 0.6 is 11.6 Å². The number of halogens is 4. The first-order valence-corrected chi connectivity index (χ1v) is 10.9. The number of hydrogen-bond donors (Lipinski definition) is 1. The smallest absolute Gasteiger partial charge is 0.406 e. The summed E-state index contributed by atoms with van der Waals surface area (Å²) in [7, 11) is 0. The summed E-state index contributed by atoms with van der Waals surface area (Å²) < 4.78 is 41.2. The highest BCUT2D eigenvalue weighted by atomic mass is 35.5. The molecule has 1 amide bonds. The van der Waals surface area contributed by atoms with Crippen molar-refractivity contribution < 1.29 is 22.7 Å². The van der Waals surface area contributed by atoms with Crippen LogP contribution in [0.3, 0.4) is 0 Å². The zero-order valence-electron chi connectivity index (χ0n) is 18.2. The van der Waals surface area contributed by atoms with Crippen LogP contribution in [0.1, 0.15) is 22.8 Å². The first kappa shape index (κ1) is 23.8. The summed E-state index contributed by atoms with van der Waals surface area (Å²) in [5.74, 6) is -0.536. The van der Waals surface area contributed by atoms with Crippen LogP contribution in [0.25, 0.3) is 0 Å². The molecule has 6 nitrogen and oxygen atoms in total. The van der Waals surface area contributed by atoms with Crippen LogP contribution in [0.2, 0.25) is 5.02 Å². The van der Waals surface area contributed by atoms with Gasteiger partial charge in [-0.05, 0) is 61.0 Å². The number of carbonyl (C=O) groups is 1. The molecule has 0 radical (unpaired) electrons. The Morgan fingerprint density at radius 3 is 2.68 bits per heavy atom. The van der Waals surface area contributed by atoms with Gasteiger partial charge < -0.3 is 15.0 Å². The van der Waals surface area contributed by atoms with Crippen molar-refractivity contribution in [1.82, 2.24) is 9.88 Å². The third-order valence-electron chi connectivity index (χ3n) is 5.52. The highest BCUT2D eigenvalue weighted by Gasteiger charge is 2.31. The predicted molar refractivity (Wildman–Crippen MR) is 124 cm³/mol. The summed E-state index contributed by atoms with van der Waals surface area (Å²) in [4.78, 5) is 21.1. The predicted octanol–water partition coefficient (Wildman–Crippen LogP) is 5.55. The molecule has 4 rings (SSSR count). The molecule has 0 saturated carbocycles. The van der Waals surface area contributed by atoms with Crippen LogP contribution in [-0.4, -0.2) is 41.4 Å². The van der Waals surface area contributed by atoms with Crippen LogP contribution in [0, 0.1) is 0 Å². The van der Waals surface area contributed by atoms with Crippen molar-refractivity contribution in [3.05, 3.63) is 83.1 Å². The maximum absolute atomic E-state index is 12.7. The molecule has 2 aromatic carbocycles. The van der Waals surface area contributed by atoms with Gasteiger partial charge in [-0.25, -0.2) is 0 Å². The number of anilines is 2. The van der Waals surface area contributed by atoms with Gasteiger partial charge in [-0.3, -0.25) is 14.7 Å². The number of carbonyl (C=O) groups excluding carboxylic acids is 1. The van der Waals surface area contributed by atoms with Crippen molar-refractivity contribution >= 4 is 28.9 Å². The van der Waals surface area contributed by atoms with Crippen molar-refractivity contribution in [2.75, 3.05) is 23.4 Å². The molecule has 0 aliphatic carbocycles. The number of benzene rings is 2. The summed E-state index contributed by atoms with van der Waals surface area (Å²) in [6.07, 6.45) is -1.44.